The SMILES string of the molecule is O=C1NC(=O)N(c2cccnc2)C(=O)/C1=C/c1cccn1-c1ccc(F)cc1. The number of hydrogen-bond donors (Lipinski definition) is 1. The largest absolute Gasteiger partial charge is 0.336 e. The van der Waals surface area contributed by atoms with Crippen LogP contribution in [0.3, 0.4) is 0 Å². The van der Waals surface area contributed by atoms with Crippen LogP contribution >= 0.6 is 0 Å². The van der Waals surface area contributed by atoms with Gasteiger partial charge in [0, 0.05) is 23.8 Å². The summed E-state index contributed by atoms with van der Waals surface area (Å²) in [6, 6.07) is 11.5. The number of nitrogens with one attached hydrogen (secondary N) is 1. The number of urea groups is 1. The van der Waals surface area contributed by atoms with E-state index in [1.54, 1.807) is 47.2 Å². The van der Waals surface area contributed by atoms with Crippen LogP contribution in [0, 0.1) is 5.82 Å². The number of aromatic nitrogens is 2. The molecule has 0 spiro atoms. The van der Waals surface area contributed by atoms with Gasteiger partial charge in [0.25, 0.3) is 11.8 Å². The monoisotopic (exact) mass is 376 g/mol. The molecule has 1 N–H and O–H groups in total. The smallest absolute Gasteiger partial charge is 0.317 e. The molecule has 0 unspecified atom stereocenters. The molecule has 3 heterocycles. The Balaban J connectivity index is 1.74. The van der Waals surface area contributed by atoms with Gasteiger partial charge in [-0.05, 0) is 54.6 Å². The van der Waals surface area contributed by atoms with Crippen LogP contribution in [0.25, 0.3) is 11.8 Å². The Morgan fingerprint density at radius 2 is 1.75 bits per heavy atom. The molecule has 1 saturated heterocycles. The van der Waals surface area contributed by atoms with E-state index in [0.717, 1.165) is 4.90 Å². The quantitative estimate of drug-likeness (QED) is 0.563. The number of hydrogen-bond acceptors (Lipinski definition) is 4. The highest BCUT2D eigenvalue weighted by Gasteiger charge is 2.37. The Hall–Kier alpha value is -4.07. The second-order valence-corrected chi connectivity index (χ2v) is 5.95. The molecule has 1 aliphatic heterocycles. The maximum Gasteiger partial charge on any atom is 0.336 e. The van der Waals surface area contributed by atoms with Gasteiger partial charge < -0.3 is 4.57 Å². The lowest BCUT2D eigenvalue weighted by Crippen LogP contribution is -2.54. The van der Waals surface area contributed by atoms with Gasteiger partial charge in [-0.25, -0.2) is 14.1 Å². The molecule has 0 atom stereocenters. The number of carbonyl (C=O) groups is 3. The fourth-order valence-electron chi connectivity index (χ4n) is 2.87. The highest BCUT2D eigenvalue weighted by atomic mass is 19.1. The minimum Gasteiger partial charge on any atom is -0.317 e. The Morgan fingerprint density at radius 1 is 0.964 bits per heavy atom. The first-order valence-corrected chi connectivity index (χ1v) is 8.29. The highest BCUT2D eigenvalue weighted by molar-refractivity contribution is 6.39. The van der Waals surface area contributed by atoms with Crippen molar-refractivity contribution >= 4 is 29.6 Å². The van der Waals surface area contributed by atoms with Crippen LogP contribution in [0.4, 0.5) is 14.9 Å². The number of pyridine rings is 1. The Kier molecular flexibility index (Phi) is 4.29. The molecule has 28 heavy (non-hydrogen) atoms. The molecular formula is C20H13FN4O3. The zero-order chi connectivity index (χ0) is 19.7. The molecule has 8 heteroatoms. The van der Waals surface area contributed by atoms with Gasteiger partial charge in [-0.1, -0.05) is 0 Å². The lowest BCUT2D eigenvalue weighted by molar-refractivity contribution is -0.122. The fourth-order valence-corrected chi connectivity index (χ4v) is 2.87. The van der Waals surface area contributed by atoms with Gasteiger partial charge in [-0.2, -0.15) is 0 Å². The molecule has 4 amide bonds. The van der Waals surface area contributed by atoms with Gasteiger partial charge >= 0.3 is 6.03 Å². The normalized spacial score (nSPS) is 15.8. The number of barbiturate groups is 1. The van der Waals surface area contributed by atoms with Gasteiger partial charge in [0.2, 0.25) is 0 Å². The third-order valence-corrected chi connectivity index (χ3v) is 4.18. The van der Waals surface area contributed by atoms with Crippen LogP contribution in [-0.4, -0.2) is 27.4 Å². The van der Waals surface area contributed by atoms with Crippen LogP contribution in [0.1, 0.15) is 5.69 Å². The summed E-state index contributed by atoms with van der Waals surface area (Å²) in [6.07, 6.45) is 5.96. The van der Waals surface area contributed by atoms with Crippen molar-refractivity contribution in [2.75, 3.05) is 4.90 Å². The predicted molar refractivity (Wildman–Crippen MR) is 99.0 cm³/mol. The van der Waals surface area contributed by atoms with E-state index in [1.165, 1.54) is 30.6 Å². The van der Waals surface area contributed by atoms with E-state index < -0.39 is 17.8 Å². The topological polar surface area (TPSA) is 84.3 Å². The van der Waals surface area contributed by atoms with E-state index >= 15 is 0 Å². The van der Waals surface area contributed by atoms with E-state index in [9.17, 15) is 18.8 Å². The molecule has 7 nitrogen and oxygen atoms in total. The third kappa shape index (κ3) is 3.07. The molecule has 138 valence electrons. The van der Waals surface area contributed by atoms with Crippen LogP contribution in [-0.2, 0) is 9.59 Å². The molecule has 1 aliphatic rings. The van der Waals surface area contributed by atoms with Crippen LogP contribution < -0.4 is 10.2 Å². The average Bonchev–Trinajstić information content (AvgIpc) is 3.15. The first kappa shape index (κ1) is 17.3. The summed E-state index contributed by atoms with van der Waals surface area (Å²) in [4.78, 5) is 42.1. The maximum absolute atomic E-state index is 13.2. The first-order valence-electron chi connectivity index (χ1n) is 8.29. The highest BCUT2D eigenvalue weighted by Crippen LogP contribution is 2.22. The maximum atomic E-state index is 13.2. The number of carbonyl (C=O) groups excluding carboxylic acids is 3. The standard InChI is InChI=1S/C20H13FN4O3/c21-13-5-7-14(8-6-13)24-10-2-4-15(24)11-17-18(26)23-20(28)25(19(17)27)16-3-1-9-22-12-16/h1-12H,(H,23,26,28)/b17-11+. The Morgan fingerprint density at radius 3 is 2.46 bits per heavy atom. The minimum absolute atomic E-state index is 0.203. The summed E-state index contributed by atoms with van der Waals surface area (Å²) in [5, 5.41) is 2.16. The van der Waals surface area contributed by atoms with E-state index in [0.29, 0.717) is 11.4 Å². The van der Waals surface area contributed by atoms with Crippen molar-refractivity contribution in [2.24, 2.45) is 0 Å². The number of amides is 4. The minimum atomic E-state index is -0.839. The first-order chi connectivity index (χ1) is 13.5. The number of nitrogens with zero attached hydrogens (tertiary/aromatic N) is 3. The molecule has 3 aromatic rings. The van der Waals surface area contributed by atoms with Gasteiger partial charge in [-0.15, -0.1) is 0 Å². The number of imide groups is 2. The number of halogens is 1. The van der Waals surface area contributed by atoms with Crippen molar-refractivity contribution in [2.45, 2.75) is 0 Å². The third-order valence-electron chi connectivity index (χ3n) is 4.18. The summed E-state index contributed by atoms with van der Waals surface area (Å²) in [7, 11) is 0. The van der Waals surface area contributed by atoms with Gasteiger partial charge in [0.05, 0.1) is 11.9 Å². The predicted octanol–water partition coefficient (Wildman–Crippen LogP) is 2.68. The lowest BCUT2D eigenvalue weighted by Gasteiger charge is -2.26. The molecule has 0 saturated carbocycles. The molecule has 4 rings (SSSR count). The Bertz CT molecular complexity index is 1100. The lowest BCUT2D eigenvalue weighted by atomic mass is 10.1. The summed E-state index contributed by atoms with van der Waals surface area (Å²) in [5.74, 6) is -1.92. The van der Waals surface area contributed by atoms with Crippen molar-refractivity contribution < 1.29 is 18.8 Å². The molecule has 0 bridgehead atoms. The summed E-state index contributed by atoms with van der Waals surface area (Å²) in [5.41, 5.74) is 1.22. The van der Waals surface area contributed by atoms with Crippen molar-refractivity contribution in [3.63, 3.8) is 0 Å². The van der Waals surface area contributed by atoms with E-state index in [1.807, 2.05) is 0 Å². The Labute approximate surface area is 158 Å². The molecule has 2 aromatic heterocycles. The van der Waals surface area contributed by atoms with Crippen molar-refractivity contribution in [1.29, 1.82) is 0 Å². The van der Waals surface area contributed by atoms with Crippen LogP contribution in [0.15, 0.2) is 72.7 Å². The van der Waals surface area contributed by atoms with Crippen molar-refractivity contribution in [1.82, 2.24) is 14.9 Å². The zero-order valence-electron chi connectivity index (χ0n) is 14.4. The molecule has 0 aliphatic carbocycles. The number of anilines is 1. The fraction of sp³-hybridized carbons (Fsp3) is 0. The number of rotatable bonds is 3. The van der Waals surface area contributed by atoms with E-state index in [-0.39, 0.29) is 17.1 Å². The molecular weight excluding hydrogens is 363 g/mol. The van der Waals surface area contributed by atoms with Crippen LogP contribution in [0.5, 0.6) is 0 Å². The second kappa shape index (κ2) is 6.92. The number of benzene rings is 1. The van der Waals surface area contributed by atoms with Gasteiger partial charge in [-0.3, -0.25) is 19.9 Å². The van der Waals surface area contributed by atoms with E-state index in [4.69, 9.17) is 0 Å². The summed E-state index contributed by atoms with van der Waals surface area (Å²) in [6.45, 7) is 0. The summed E-state index contributed by atoms with van der Waals surface area (Å²) >= 11 is 0. The van der Waals surface area contributed by atoms with Crippen molar-refractivity contribution in [3.8, 4) is 5.69 Å². The van der Waals surface area contributed by atoms with Gasteiger partial charge in [0.15, 0.2) is 0 Å². The average molecular weight is 376 g/mol. The van der Waals surface area contributed by atoms with E-state index in [2.05, 4.69) is 10.3 Å². The zero-order valence-corrected chi connectivity index (χ0v) is 14.4. The molecule has 1 aromatic carbocycles. The summed E-state index contributed by atoms with van der Waals surface area (Å²) < 4.78 is 14.9. The van der Waals surface area contributed by atoms with Gasteiger partial charge in [0.1, 0.15) is 11.4 Å². The van der Waals surface area contributed by atoms with Crippen LogP contribution in [0.2, 0.25) is 0 Å². The second-order valence-electron chi connectivity index (χ2n) is 5.95. The molecule has 0 radical (unpaired) electrons. The molecule has 1 fully saturated rings. The van der Waals surface area contributed by atoms with Crippen molar-refractivity contribution in [3.05, 3.63) is 84.2 Å².